The van der Waals surface area contributed by atoms with Gasteiger partial charge in [0.1, 0.15) is 23.8 Å². The van der Waals surface area contributed by atoms with Crippen LogP contribution >= 0.6 is 11.3 Å². The summed E-state index contributed by atoms with van der Waals surface area (Å²) in [6.07, 6.45) is 3.47. The van der Waals surface area contributed by atoms with Crippen LogP contribution in [0.3, 0.4) is 0 Å². The lowest BCUT2D eigenvalue weighted by atomic mass is 10.0. The number of amides is 2. The molecular weight excluding hydrogens is 494 g/mol. The minimum Gasteiger partial charge on any atom is -0.497 e. The van der Waals surface area contributed by atoms with Crippen LogP contribution in [0.1, 0.15) is 39.5 Å². The molecular formula is C23H31N3O7S2. The number of likely N-dealkylation sites (tertiary alicyclic amines) is 1. The number of benzene rings is 1. The van der Waals surface area contributed by atoms with Crippen molar-refractivity contribution >= 4 is 49.2 Å². The molecule has 0 spiro atoms. The normalized spacial score (nSPS) is 16.9. The number of sulfone groups is 1. The summed E-state index contributed by atoms with van der Waals surface area (Å²) in [5, 5.41) is 0. The Hall–Kier alpha value is -2.73. The molecule has 1 fully saturated rings. The summed E-state index contributed by atoms with van der Waals surface area (Å²) in [5.41, 5.74) is 0.629. The SMILES string of the molecule is CCOC(=O)Cn1c(=NC(=O)CS(=O)(=O)CC(=O)N2CCCCC2CC)sc2cc(OC)ccc21. The average Bonchev–Trinajstić information content (AvgIpc) is 3.13. The molecule has 0 radical (unpaired) electrons. The number of carbonyl (C=O) groups is 3. The number of ether oxygens (including phenoxy) is 2. The van der Waals surface area contributed by atoms with Crippen LogP contribution in [0.25, 0.3) is 10.2 Å². The fourth-order valence-corrected chi connectivity index (χ4v) is 6.32. The molecule has 12 heteroatoms. The van der Waals surface area contributed by atoms with Gasteiger partial charge in [-0.3, -0.25) is 14.4 Å². The number of hydrogen-bond donors (Lipinski definition) is 0. The Labute approximate surface area is 208 Å². The molecule has 2 heterocycles. The van der Waals surface area contributed by atoms with Crippen molar-refractivity contribution in [2.75, 3.05) is 31.8 Å². The number of piperidine rings is 1. The predicted molar refractivity (Wildman–Crippen MR) is 132 cm³/mol. The molecule has 0 N–H and O–H groups in total. The maximum absolute atomic E-state index is 12.7. The molecule has 2 aromatic rings. The highest BCUT2D eigenvalue weighted by molar-refractivity contribution is 7.92. The summed E-state index contributed by atoms with van der Waals surface area (Å²) in [5.74, 6) is -2.92. The van der Waals surface area contributed by atoms with E-state index in [4.69, 9.17) is 9.47 Å². The van der Waals surface area contributed by atoms with Crippen molar-refractivity contribution in [2.24, 2.45) is 4.99 Å². The predicted octanol–water partition coefficient (Wildman–Crippen LogP) is 1.91. The smallest absolute Gasteiger partial charge is 0.326 e. The zero-order valence-corrected chi connectivity index (χ0v) is 21.8. The van der Waals surface area contributed by atoms with Gasteiger partial charge in [0.15, 0.2) is 14.6 Å². The fraction of sp³-hybridized carbons (Fsp3) is 0.565. The molecule has 0 saturated carbocycles. The first kappa shape index (κ1) is 26.9. The molecule has 1 aliphatic rings. The van der Waals surface area contributed by atoms with Gasteiger partial charge in [-0.15, -0.1) is 0 Å². The Bertz CT molecular complexity index is 1260. The van der Waals surface area contributed by atoms with Crippen LogP contribution in [0, 0.1) is 0 Å². The number of carbonyl (C=O) groups excluding carboxylic acids is 3. The van der Waals surface area contributed by atoms with Crippen molar-refractivity contribution in [3.05, 3.63) is 23.0 Å². The summed E-state index contributed by atoms with van der Waals surface area (Å²) >= 11 is 1.13. The van der Waals surface area contributed by atoms with Crippen LogP contribution in [-0.4, -0.2) is 73.5 Å². The van der Waals surface area contributed by atoms with Gasteiger partial charge in [0.05, 0.1) is 23.9 Å². The molecule has 1 saturated heterocycles. The van der Waals surface area contributed by atoms with E-state index < -0.39 is 39.1 Å². The van der Waals surface area contributed by atoms with Gasteiger partial charge in [-0.2, -0.15) is 4.99 Å². The Morgan fingerprint density at radius 2 is 1.94 bits per heavy atom. The van der Waals surface area contributed by atoms with Crippen LogP contribution in [-0.2, 0) is 35.5 Å². The molecule has 35 heavy (non-hydrogen) atoms. The van der Waals surface area contributed by atoms with E-state index in [1.54, 1.807) is 30.0 Å². The van der Waals surface area contributed by atoms with E-state index in [1.165, 1.54) is 11.7 Å². The van der Waals surface area contributed by atoms with Crippen molar-refractivity contribution in [3.8, 4) is 5.75 Å². The van der Waals surface area contributed by atoms with E-state index in [9.17, 15) is 22.8 Å². The van der Waals surface area contributed by atoms with Gasteiger partial charge in [0.25, 0.3) is 5.91 Å². The van der Waals surface area contributed by atoms with Crippen molar-refractivity contribution in [2.45, 2.75) is 52.1 Å². The summed E-state index contributed by atoms with van der Waals surface area (Å²) in [4.78, 5) is 43.2. The Kier molecular flexibility index (Phi) is 9.06. The first-order chi connectivity index (χ1) is 16.7. The minimum atomic E-state index is -4.02. The highest BCUT2D eigenvalue weighted by Crippen LogP contribution is 2.23. The molecule has 1 aliphatic heterocycles. The van der Waals surface area contributed by atoms with Crippen LogP contribution in [0.4, 0.5) is 0 Å². The van der Waals surface area contributed by atoms with Crippen LogP contribution < -0.4 is 9.54 Å². The summed E-state index contributed by atoms with van der Waals surface area (Å²) in [6.45, 7) is 4.20. The molecule has 2 amide bonds. The van der Waals surface area contributed by atoms with Gasteiger partial charge in [-0.05, 0) is 50.8 Å². The summed E-state index contributed by atoms with van der Waals surface area (Å²) in [7, 11) is -2.49. The molecule has 1 aromatic carbocycles. The van der Waals surface area contributed by atoms with Gasteiger partial charge in [0.2, 0.25) is 5.91 Å². The average molecular weight is 526 g/mol. The third kappa shape index (κ3) is 6.91. The Balaban J connectivity index is 1.84. The number of rotatable bonds is 9. The molecule has 10 nitrogen and oxygen atoms in total. The Morgan fingerprint density at radius 1 is 1.17 bits per heavy atom. The van der Waals surface area contributed by atoms with E-state index in [0.29, 0.717) is 22.5 Å². The second-order valence-corrected chi connectivity index (χ2v) is 11.4. The number of nitrogens with zero attached hydrogens (tertiary/aromatic N) is 3. The molecule has 0 bridgehead atoms. The number of thiazole rings is 1. The van der Waals surface area contributed by atoms with E-state index in [-0.39, 0.29) is 24.0 Å². The van der Waals surface area contributed by atoms with Gasteiger partial charge < -0.3 is 18.9 Å². The molecule has 192 valence electrons. The largest absolute Gasteiger partial charge is 0.497 e. The van der Waals surface area contributed by atoms with E-state index >= 15 is 0 Å². The number of hydrogen-bond acceptors (Lipinski definition) is 8. The van der Waals surface area contributed by atoms with Gasteiger partial charge in [0, 0.05) is 12.6 Å². The topological polar surface area (TPSA) is 124 Å². The molecule has 0 aliphatic carbocycles. The molecule has 3 rings (SSSR count). The Morgan fingerprint density at radius 3 is 2.63 bits per heavy atom. The maximum atomic E-state index is 12.7. The quantitative estimate of drug-likeness (QED) is 0.458. The van der Waals surface area contributed by atoms with Gasteiger partial charge in [-0.1, -0.05) is 18.3 Å². The van der Waals surface area contributed by atoms with Crippen molar-refractivity contribution in [3.63, 3.8) is 0 Å². The van der Waals surface area contributed by atoms with Crippen LogP contribution in [0.5, 0.6) is 5.75 Å². The minimum absolute atomic E-state index is 0.0317. The van der Waals surface area contributed by atoms with Gasteiger partial charge >= 0.3 is 5.97 Å². The fourth-order valence-electron chi connectivity index (χ4n) is 4.16. The lowest BCUT2D eigenvalue weighted by Gasteiger charge is -2.35. The maximum Gasteiger partial charge on any atom is 0.326 e. The highest BCUT2D eigenvalue weighted by Gasteiger charge is 2.29. The van der Waals surface area contributed by atoms with Crippen LogP contribution in [0.15, 0.2) is 23.2 Å². The van der Waals surface area contributed by atoms with E-state index in [0.717, 1.165) is 37.0 Å². The summed E-state index contributed by atoms with van der Waals surface area (Å²) < 4.78 is 37.8. The number of fused-ring (bicyclic) bond motifs is 1. The lowest BCUT2D eigenvalue weighted by Crippen LogP contribution is -2.46. The van der Waals surface area contributed by atoms with Crippen molar-refractivity contribution in [1.29, 1.82) is 0 Å². The molecule has 1 atom stereocenters. The van der Waals surface area contributed by atoms with Gasteiger partial charge in [-0.25, -0.2) is 8.42 Å². The first-order valence-corrected chi connectivity index (χ1v) is 14.2. The van der Waals surface area contributed by atoms with Crippen LogP contribution in [0.2, 0.25) is 0 Å². The third-order valence-corrected chi connectivity index (χ3v) is 8.22. The zero-order chi connectivity index (χ0) is 25.6. The van der Waals surface area contributed by atoms with Crippen molar-refractivity contribution < 1.29 is 32.3 Å². The standard InChI is InChI=1S/C23H31N3O7S2/c1-4-16-8-6-7-11-25(16)21(28)15-35(30,31)14-20(27)24-23-26(13-22(29)33-5-2)18-10-9-17(32-3)12-19(18)34-23/h9-10,12,16H,4-8,11,13-15H2,1-3H3. The van der Waals surface area contributed by atoms with E-state index in [1.807, 2.05) is 6.92 Å². The molecule has 1 unspecified atom stereocenters. The second-order valence-electron chi connectivity index (χ2n) is 8.29. The summed E-state index contributed by atoms with van der Waals surface area (Å²) in [6, 6.07) is 5.21. The number of esters is 1. The number of methoxy groups -OCH3 is 1. The highest BCUT2D eigenvalue weighted by atomic mass is 32.2. The monoisotopic (exact) mass is 525 g/mol. The number of aromatic nitrogens is 1. The zero-order valence-electron chi connectivity index (χ0n) is 20.2. The second kappa shape index (κ2) is 11.8. The van der Waals surface area contributed by atoms with E-state index in [2.05, 4.69) is 4.99 Å². The third-order valence-electron chi connectivity index (χ3n) is 5.81. The lowest BCUT2D eigenvalue weighted by molar-refractivity contribution is -0.143. The first-order valence-electron chi connectivity index (χ1n) is 11.6. The molecule has 1 aromatic heterocycles. The van der Waals surface area contributed by atoms with Crippen molar-refractivity contribution in [1.82, 2.24) is 9.47 Å².